The van der Waals surface area contributed by atoms with E-state index in [1.165, 1.54) is 6.07 Å². The van der Waals surface area contributed by atoms with Gasteiger partial charge in [0, 0.05) is 86.6 Å². The molecule has 0 aliphatic rings. The summed E-state index contributed by atoms with van der Waals surface area (Å²) in [5.74, 6) is -3.46. The normalized spacial score (nSPS) is 11.3. The summed E-state index contributed by atoms with van der Waals surface area (Å²) in [6.45, 7) is 0. The Kier molecular flexibility index (Phi) is 17.4. The minimum absolute atomic E-state index is 0. The van der Waals surface area contributed by atoms with Gasteiger partial charge in [0.15, 0.2) is 19.8 Å². The van der Waals surface area contributed by atoms with Crippen molar-refractivity contribution in [3.63, 3.8) is 0 Å². The second-order valence-corrected chi connectivity index (χ2v) is 22.4. The summed E-state index contributed by atoms with van der Waals surface area (Å²) < 4.78 is 71.6. The topological polar surface area (TPSA) is 102 Å². The number of carbonyl (C=O) groups is 1. The number of Topliss-reactive ketones (excluding diaryl/α,β-unsaturated/α-hetero) is 1. The number of halogens is 3. The summed E-state index contributed by atoms with van der Waals surface area (Å²) in [5.41, 5.74) is 1.19. The number of carbonyl (C=O) groups excluding carboxylic acids is 1. The Hall–Kier alpha value is -7.03. The van der Waals surface area contributed by atoms with Crippen LogP contribution < -0.4 is 37.5 Å². The molecule has 1 N–H and O–H groups in total. The number of rotatable bonds is 9. The fourth-order valence-corrected chi connectivity index (χ4v) is 14.6. The number of hydrogen-bond donors (Lipinski definition) is 1. The second-order valence-electron chi connectivity index (χ2n) is 16.9. The molecule has 371 valence electrons. The molecule has 11 aromatic rings. The third-order valence-corrected chi connectivity index (χ3v) is 18.6. The predicted octanol–water partition coefficient (Wildman–Crippen LogP) is 13.4. The van der Waals surface area contributed by atoms with Crippen LogP contribution in [0.2, 0.25) is 0 Å². The van der Waals surface area contributed by atoms with E-state index in [1.807, 2.05) is 194 Å². The fourth-order valence-electron chi connectivity index (χ4n) is 8.88. The molecule has 11 rings (SSSR count). The van der Waals surface area contributed by atoms with Gasteiger partial charge < -0.3 is 18.7 Å². The summed E-state index contributed by atoms with van der Waals surface area (Å²) >= 11 is 0. The first-order valence-electron chi connectivity index (χ1n) is 23.4. The quantitative estimate of drug-likeness (QED) is 0.0669. The molecule has 6 nitrogen and oxygen atoms in total. The SMILES string of the molecule is O=C(c1c(O)c2ccc3ccccc3c2oc1=O)C(F)(F)F.O=P(c1ccccc1)(c1ccccc1)c1ccccc1-c1ccccc1.O=P(c1ccccc1)(c1ccccc1)c1ccccc1-c1ccccc1.[Eu]. The van der Waals surface area contributed by atoms with Gasteiger partial charge in [0.05, 0.1) is 5.39 Å². The first kappa shape index (κ1) is 54.2. The number of fused-ring (bicyclic) bond motifs is 3. The van der Waals surface area contributed by atoms with Crippen LogP contribution in [0.15, 0.2) is 276 Å². The van der Waals surface area contributed by atoms with Crippen LogP contribution in [-0.2, 0) is 9.13 Å². The number of benzene rings is 10. The molecule has 0 unspecified atom stereocenters. The van der Waals surface area contributed by atoms with Gasteiger partial charge in [0.1, 0.15) is 11.3 Å². The van der Waals surface area contributed by atoms with Gasteiger partial charge in [0.2, 0.25) is 0 Å². The summed E-state index contributed by atoms with van der Waals surface area (Å²) in [5, 5.41) is 16.1. The largest absolute Gasteiger partial charge is 0.506 e. The zero-order valence-corrected chi connectivity index (χ0v) is 44.0. The van der Waals surface area contributed by atoms with Gasteiger partial charge in [-0.2, -0.15) is 13.2 Å². The molecule has 1 aromatic heterocycles. The summed E-state index contributed by atoms with van der Waals surface area (Å²) in [6.07, 6.45) is -5.28. The maximum Gasteiger partial charge on any atom is 0.455 e. The minimum atomic E-state index is -5.28. The van der Waals surface area contributed by atoms with Crippen LogP contribution in [0.25, 0.3) is 44.0 Å². The number of ketones is 1. The third kappa shape index (κ3) is 11.5. The molecule has 0 amide bonds. The van der Waals surface area contributed by atoms with Crippen molar-refractivity contribution in [2.24, 2.45) is 0 Å². The Morgan fingerprint density at radius 3 is 1.13 bits per heavy atom. The average Bonchev–Trinajstić information content (AvgIpc) is 3.46. The van der Waals surface area contributed by atoms with Crippen LogP contribution in [0.5, 0.6) is 5.75 Å². The summed E-state index contributed by atoms with van der Waals surface area (Å²) in [7, 11) is -5.96. The Morgan fingerprint density at radius 2 is 0.747 bits per heavy atom. The second kappa shape index (κ2) is 24.1. The molecule has 0 saturated heterocycles. The van der Waals surface area contributed by atoms with Gasteiger partial charge in [-0.1, -0.05) is 261 Å². The molecule has 1 heterocycles. The molecule has 0 fully saturated rings. The van der Waals surface area contributed by atoms with Crippen molar-refractivity contribution in [2.75, 3.05) is 0 Å². The van der Waals surface area contributed by atoms with Crippen molar-refractivity contribution in [1.82, 2.24) is 0 Å². The predicted molar refractivity (Wildman–Crippen MR) is 295 cm³/mol. The first-order valence-corrected chi connectivity index (χ1v) is 26.8. The van der Waals surface area contributed by atoms with Crippen LogP contribution in [0, 0.1) is 49.4 Å². The summed E-state index contributed by atoms with van der Waals surface area (Å²) in [4.78, 5) is 23.0. The molecule has 0 aliphatic heterocycles. The van der Waals surface area contributed by atoms with E-state index in [9.17, 15) is 37.0 Å². The van der Waals surface area contributed by atoms with Crippen LogP contribution in [0.4, 0.5) is 13.2 Å². The molecule has 75 heavy (non-hydrogen) atoms. The van der Waals surface area contributed by atoms with Gasteiger partial charge in [-0.3, -0.25) is 4.79 Å². The average molecular weight is 1170 g/mol. The van der Waals surface area contributed by atoms with Crippen molar-refractivity contribution in [3.05, 3.63) is 283 Å². The van der Waals surface area contributed by atoms with Crippen molar-refractivity contribution in [3.8, 4) is 28.0 Å². The monoisotopic (exact) mass is 1170 g/mol. The maximum atomic E-state index is 14.6. The van der Waals surface area contributed by atoms with E-state index < -0.39 is 43.2 Å². The Balaban J connectivity index is 0.000000149. The van der Waals surface area contributed by atoms with Crippen LogP contribution >= 0.6 is 14.3 Å². The molecule has 0 saturated carbocycles. The van der Waals surface area contributed by atoms with E-state index in [2.05, 4.69) is 36.4 Å². The number of aromatic hydroxyl groups is 1. The third-order valence-electron chi connectivity index (χ3n) is 12.4. The molecule has 12 heteroatoms. The molecular formula is C63H45EuF3O6P2. The fraction of sp³-hybridized carbons (Fsp3) is 0.0159. The van der Waals surface area contributed by atoms with E-state index in [1.54, 1.807) is 30.3 Å². The van der Waals surface area contributed by atoms with Gasteiger partial charge in [-0.05, 0) is 33.7 Å². The van der Waals surface area contributed by atoms with E-state index in [0.717, 1.165) is 54.1 Å². The molecule has 0 aliphatic carbocycles. The molecule has 0 atom stereocenters. The van der Waals surface area contributed by atoms with Crippen LogP contribution in [0.3, 0.4) is 0 Å². The van der Waals surface area contributed by atoms with E-state index in [0.29, 0.717) is 10.8 Å². The molecule has 1 radical (unpaired) electrons. The van der Waals surface area contributed by atoms with E-state index >= 15 is 0 Å². The zero-order valence-electron chi connectivity index (χ0n) is 39.8. The van der Waals surface area contributed by atoms with Crippen molar-refractivity contribution in [2.45, 2.75) is 6.18 Å². The minimum Gasteiger partial charge on any atom is -0.506 e. The van der Waals surface area contributed by atoms with Gasteiger partial charge in [0.25, 0.3) is 5.78 Å². The van der Waals surface area contributed by atoms with Crippen LogP contribution in [-0.4, -0.2) is 17.1 Å². The smallest absolute Gasteiger partial charge is 0.455 e. The van der Waals surface area contributed by atoms with Crippen molar-refractivity contribution >= 4 is 73.6 Å². The van der Waals surface area contributed by atoms with Gasteiger partial charge in [-0.15, -0.1) is 0 Å². The standard InChI is InChI=1S/2C24H19OP.C15H7F3O4.Eu/c2*25-26(21-14-6-2-7-15-21,22-16-8-3-9-17-22)24-19-11-10-18-23(24)20-12-4-1-5-13-20;16-15(17,18)13(20)10-11(19)9-6-5-7-3-1-2-4-8(7)12(9)22-14(10)21;/h2*1-19H;1-6,19H;. The van der Waals surface area contributed by atoms with Gasteiger partial charge in [-0.25, -0.2) is 4.79 Å². The Bertz CT molecular complexity index is 3620. The summed E-state index contributed by atoms with van der Waals surface area (Å²) in [6, 6.07) is 85.1. The van der Waals surface area contributed by atoms with Crippen molar-refractivity contribution < 1.29 is 86.0 Å². The maximum absolute atomic E-state index is 14.6. The van der Waals surface area contributed by atoms with Crippen LogP contribution in [0.1, 0.15) is 10.4 Å². The molecule has 10 aromatic carbocycles. The Labute approximate surface area is 472 Å². The first-order chi connectivity index (χ1) is 35.9. The Morgan fingerprint density at radius 1 is 0.413 bits per heavy atom. The van der Waals surface area contributed by atoms with E-state index in [4.69, 9.17) is 4.42 Å². The van der Waals surface area contributed by atoms with E-state index in [-0.39, 0.29) is 60.3 Å². The van der Waals surface area contributed by atoms with Gasteiger partial charge >= 0.3 is 11.8 Å². The molecule has 0 bridgehead atoms. The molecular weight excluding hydrogens is 1120 g/mol. The number of hydrogen-bond acceptors (Lipinski definition) is 6. The van der Waals surface area contributed by atoms with Crippen molar-refractivity contribution in [1.29, 1.82) is 0 Å². The zero-order chi connectivity index (χ0) is 51.7. The number of alkyl halides is 3. The molecule has 0 spiro atoms.